The minimum Gasteiger partial charge on any atom is -0.298 e. The number of nitrogens with one attached hydrogen (secondary N) is 1. The third kappa shape index (κ3) is 3.92. The predicted octanol–water partition coefficient (Wildman–Crippen LogP) is 2.34. The van der Waals surface area contributed by atoms with Crippen LogP contribution in [0, 0.1) is 0 Å². The van der Waals surface area contributed by atoms with Crippen LogP contribution in [0.15, 0.2) is 10.4 Å². The van der Waals surface area contributed by atoms with Crippen LogP contribution in [0.4, 0.5) is 0 Å². The monoisotopic (exact) mass is 337 g/mol. The quantitative estimate of drug-likeness (QED) is 0.919. The summed E-state index contributed by atoms with van der Waals surface area (Å²) in [6, 6.07) is -0.0144. The number of halogens is 1. The number of hydrogen-bond acceptors (Lipinski definition) is 5. The smallest absolute Gasteiger partial charge is 0.251 e. The Morgan fingerprint density at radius 1 is 1.40 bits per heavy atom. The van der Waals surface area contributed by atoms with Gasteiger partial charge in [-0.2, -0.15) is 0 Å². The average molecular weight is 338 g/mol. The minimum atomic E-state index is -3.49. The molecule has 0 spiro atoms. The molecule has 0 atom stereocenters. The lowest BCUT2D eigenvalue weighted by molar-refractivity contribution is 0.100. The highest BCUT2D eigenvalue weighted by molar-refractivity contribution is 7.91. The first-order valence-corrected chi connectivity index (χ1v) is 9.25. The number of aromatic nitrogens is 1. The van der Waals surface area contributed by atoms with Gasteiger partial charge in [0.1, 0.15) is 0 Å². The summed E-state index contributed by atoms with van der Waals surface area (Å²) in [6.07, 6.45) is 2.95. The number of likely N-dealkylation sites (tertiary alicyclic amines) is 1. The van der Waals surface area contributed by atoms with Gasteiger partial charge < -0.3 is 0 Å². The number of nitrogens with zero attached hydrogens (tertiary/aromatic N) is 2. The van der Waals surface area contributed by atoms with Gasteiger partial charge in [0.15, 0.2) is 8.68 Å². The van der Waals surface area contributed by atoms with Crippen molar-refractivity contribution in [1.29, 1.82) is 0 Å². The van der Waals surface area contributed by atoms with Crippen LogP contribution >= 0.6 is 22.9 Å². The second-order valence-electron chi connectivity index (χ2n) is 5.99. The van der Waals surface area contributed by atoms with Crippen molar-refractivity contribution in [2.24, 2.45) is 0 Å². The molecular weight excluding hydrogens is 318 g/mol. The van der Waals surface area contributed by atoms with Crippen LogP contribution in [0.25, 0.3) is 0 Å². The molecule has 0 aliphatic carbocycles. The molecule has 1 N–H and O–H groups in total. The average Bonchev–Trinajstić information content (AvgIpc) is 2.76. The molecule has 2 rings (SSSR count). The van der Waals surface area contributed by atoms with Crippen LogP contribution in [0.3, 0.4) is 0 Å². The van der Waals surface area contributed by atoms with E-state index in [0.29, 0.717) is 0 Å². The first kappa shape index (κ1) is 16.2. The highest BCUT2D eigenvalue weighted by Gasteiger charge is 2.29. The van der Waals surface area contributed by atoms with Crippen LogP contribution in [-0.2, 0) is 10.0 Å². The van der Waals surface area contributed by atoms with Crippen molar-refractivity contribution < 1.29 is 8.42 Å². The number of hydrogen-bond donors (Lipinski definition) is 1. The molecule has 1 saturated heterocycles. The lowest BCUT2D eigenvalue weighted by Crippen LogP contribution is -2.50. The van der Waals surface area contributed by atoms with E-state index >= 15 is 0 Å². The van der Waals surface area contributed by atoms with Crippen LogP contribution in [0.2, 0.25) is 4.47 Å². The number of thiazole rings is 1. The van der Waals surface area contributed by atoms with Crippen molar-refractivity contribution >= 4 is 33.0 Å². The fourth-order valence-corrected chi connectivity index (χ4v) is 4.92. The largest absolute Gasteiger partial charge is 0.298 e. The summed E-state index contributed by atoms with van der Waals surface area (Å²) >= 11 is 6.67. The van der Waals surface area contributed by atoms with E-state index in [4.69, 9.17) is 11.6 Å². The SMILES string of the molecule is CC(C)(C)N1CCC(NS(=O)(=O)c2cnc(Cl)s2)CC1. The maximum atomic E-state index is 12.2. The molecule has 0 aromatic carbocycles. The third-order valence-corrected chi connectivity index (χ3v) is 6.58. The Balaban J connectivity index is 1.96. The summed E-state index contributed by atoms with van der Waals surface area (Å²) in [5, 5.41) is 0. The van der Waals surface area contributed by atoms with E-state index < -0.39 is 10.0 Å². The second-order valence-corrected chi connectivity index (χ2v) is 9.54. The van der Waals surface area contributed by atoms with Crippen molar-refractivity contribution in [2.45, 2.75) is 49.4 Å². The van der Waals surface area contributed by atoms with E-state index in [0.717, 1.165) is 37.3 Å². The first-order chi connectivity index (χ1) is 9.18. The summed E-state index contributed by atoms with van der Waals surface area (Å²) < 4.78 is 27.5. The Labute approximate surface area is 129 Å². The Morgan fingerprint density at radius 2 is 2.00 bits per heavy atom. The molecule has 0 amide bonds. The number of sulfonamides is 1. The topological polar surface area (TPSA) is 62.3 Å². The lowest BCUT2D eigenvalue weighted by atomic mass is 9.99. The van der Waals surface area contributed by atoms with Crippen molar-refractivity contribution in [3.05, 3.63) is 10.7 Å². The van der Waals surface area contributed by atoms with E-state index in [1.54, 1.807) is 0 Å². The Hall–Kier alpha value is -0.210. The standard InChI is InChI=1S/C12H20ClN3O2S2/c1-12(2,3)16-6-4-9(5-7-16)15-20(17,18)10-8-14-11(13)19-10/h8-9,15H,4-7H2,1-3H3. The molecule has 1 aliphatic heterocycles. The molecule has 0 saturated carbocycles. The molecule has 1 aromatic rings. The zero-order valence-corrected chi connectivity index (χ0v) is 14.3. The highest BCUT2D eigenvalue weighted by atomic mass is 35.5. The molecular formula is C12H20ClN3O2S2. The molecule has 0 bridgehead atoms. The van der Waals surface area contributed by atoms with Gasteiger partial charge in [0.05, 0.1) is 6.20 Å². The molecule has 0 radical (unpaired) electrons. The highest BCUT2D eigenvalue weighted by Crippen LogP contribution is 2.24. The maximum Gasteiger partial charge on any atom is 0.251 e. The van der Waals surface area contributed by atoms with Gasteiger partial charge in [-0.3, -0.25) is 4.90 Å². The number of rotatable bonds is 3. The second kappa shape index (κ2) is 5.88. The fourth-order valence-electron chi connectivity index (χ4n) is 2.31. The Kier molecular flexibility index (Phi) is 4.76. The molecule has 20 heavy (non-hydrogen) atoms. The summed E-state index contributed by atoms with van der Waals surface area (Å²) in [5.74, 6) is 0. The maximum absolute atomic E-state index is 12.2. The van der Waals surface area contributed by atoms with Crippen LogP contribution in [-0.4, -0.2) is 43.0 Å². The molecule has 114 valence electrons. The lowest BCUT2D eigenvalue weighted by Gasteiger charge is -2.40. The zero-order valence-electron chi connectivity index (χ0n) is 11.9. The van der Waals surface area contributed by atoms with Crippen LogP contribution in [0.5, 0.6) is 0 Å². The first-order valence-electron chi connectivity index (χ1n) is 6.57. The van der Waals surface area contributed by atoms with Gasteiger partial charge in [-0.25, -0.2) is 18.1 Å². The number of piperidine rings is 1. The van der Waals surface area contributed by atoms with E-state index in [9.17, 15) is 8.42 Å². The van der Waals surface area contributed by atoms with E-state index in [1.807, 2.05) is 0 Å². The van der Waals surface area contributed by atoms with Gasteiger partial charge in [-0.1, -0.05) is 22.9 Å². The summed E-state index contributed by atoms with van der Waals surface area (Å²) in [5.41, 5.74) is 0.134. The van der Waals surface area contributed by atoms with Gasteiger partial charge in [-0.05, 0) is 33.6 Å². The third-order valence-electron chi connectivity index (χ3n) is 3.49. The van der Waals surface area contributed by atoms with Gasteiger partial charge in [-0.15, -0.1) is 0 Å². The van der Waals surface area contributed by atoms with Gasteiger partial charge in [0.2, 0.25) is 0 Å². The molecule has 8 heteroatoms. The predicted molar refractivity (Wildman–Crippen MR) is 81.8 cm³/mol. The summed E-state index contributed by atoms with van der Waals surface area (Å²) in [4.78, 5) is 6.15. The normalized spacial score (nSPS) is 19.4. The van der Waals surface area contributed by atoms with Crippen molar-refractivity contribution in [1.82, 2.24) is 14.6 Å². The molecule has 1 aliphatic rings. The van der Waals surface area contributed by atoms with E-state index in [2.05, 4.69) is 35.4 Å². The Morgan fingerprint density at radius 3 is 2.45 bits per heavy atom. The molecule has 0 unspecified atom stereocenters. The fraction of sp³-hybridized carbons (Fsp3) is 0.750. The van der Waals surface area contributed by atoms with Crippen molar-refractivity contribution in [2.75, 3.05) is 13.1 Å². The molecule has 2 heterocycles. The van der Waals surface area contributed by atoms with Gasteiger partial charge in [0, 0.05) is 24.7 Å². The van der Waals surface area contributed by atoms with Crippen molar-refractivity contribution in [3.8, 4) is 0 Å². The summed E-state index contributed by atoms with van der Waals surface area (Å²) in [6.45, 7) is 8.34. The minimum absolute atomic E-state index is 0.0144. The summed E-state index contributed by atoms with van der Waals surface area (Å²) in [7, 11) is -3.49. The zero-order chi connectivity index (χ0) is 15.0. The van der Waals surface area contributed by atoms with Gasteiger partial charge >= 0.3 is 0 Å². The van der Waals surface area contributed by atoms with Crippen LogP contribution in [0.1, 0.15) is 33.6 Å². The Bertz CT molecular complexity index is 558. The van der Waals surface area contributed by atoms with E-state index in [-0.39, 0.29) is 20.3 Å². The molecule has 1 fully saturated rings. The van der Waals surface area contributed by atoms with Crippen molar-refractivity contribution in [3.63, 3.8) is 0 Å². The molecule has 5 nitrogen and oxygen atoms in total. The van der Waals surface area contributed by atoms with E-state index in [1.165, 1.54) is 6.20 Å². The molecule has 1 aromatic heterocycles. The van der Waals surface area contributed by atoms with Crippen LogP contribution < -0.4 is 4.72 Å². The van der Waals surface area contributed by atoms with Gasteiger partial charge in [0.25, 0.3) is 10.0 Å².